The lowest BCUT2D eigenvalue weighted by atomic mass is 10.1. The second kappa shape index (κ2) is 3.53. The highest BCUT2D eigenvalue weighted by atomic mass is 19.1. The zero-order valence-corrected chi connectivity index (χ0v) is 8.46. The smallest absolute Gasteiger partial charge is 0.253 e. The number of halogens is 1. The summed E-state index contributed by atoms with van der Waals surface area (Å²) >= 11 is 0. The van der Waals surface area contributed by atoms with Crippen LogP contribution in [0.5, 0.6) is 0 Å². The molecule has 3 N–H and O–H groups in total. The number of benzene rings is 1. The molecule has 0 radical (unpaired) electrons. The van der Waals surface area contributed by atoms with E-state index in [1.807, 2.05) is 0 Å². The molecule has 15 heavy (non-hydrogen) atoms. The molecule has 1 amide bonds. The van der Waals surface area contributed by atoms with Gasteiger partial charge >= 0.3 is 0 Å². The van der Waals surface area contributed by atoms with Crippen LogP contribution in [0.1, 0.15) is 23.7 Å². The van der Waals surface area contributed by atoms with E-state index in [4.69, 9.17) is 5.73 Å². The van der Waals surface area contributed by atoms with E-state index in [2.05, 4.69) is 12.2 Å². The van der Waals surface area contributed by atoms with Crippen LogP contribution in [-0.2, 0) is 0 Å². The van der Waals surface area contributed by atoms with E-state index in [0.29, 0.717) is 11.6 Å². The first kappa shape index (κ1) is 9.96. The van der Waals surface area contributed by atoms with Crippen LogP contribution in [0.15, 0.2) is 18.2 Å². The summed E-state index contributed by atoms with van der Waals surface area (Å²) in [4.78, 5) is 11.7. The van der Waals surface area contributed by atoms with Gasteiger partial charge < -0.3 is 11.1 Å². The Morgan fingerprint density at radius 3 is 2.87 bits per heavy atom. The molecule has 1 fully saturated rings. The molecule has 0 aromatic heterocycles. The molecule has 0 saturated heterocycles. The van der Waals surface area contributed by atoms with Crippen molar-refractivity contribution in [2.75, 3.05) is 5.73 Å². The van der Waals surface area contributed by atoms with Gasteiger partial charge in [0.15, 0.2) is 0 Å². The number of anilines is 1. The highest BCUT2D eigenvalue weighted by Crippen LogP contribution is 2.29. The van der Waals surface area contributed by atoms with Crippen LogP contribution in [0.3, 0.4) is 0 Å². The topological polar surface area (TPSA) is 55.1 Å². The molecule has 2 rings (SSSR count). The molecule has 1 aliphatic carbocycles. The van der Waals surface area contributed by atoms with Crippen molar-refractivity contribution in [2.24, 2.45) is 5.92 Å². The third-order valence-corrected chi connectivity index (χ3v) is 2.69. The average Bonchev–Trinajstić information content (AvgIpc) is 2.86. The summed E-state index contributed by atoms with van der Waals surface area (Å²) in [5.74, 6) is -0.219. The van der Waals surface area contributed by atoms with Crippen molar-refractivity contribution in [3.8, 4) is 0 Å². The molecule has 0 aliphatic heterocycles. The van der Waals surface area contributed by atoms with Crippen LogP contribution < -0.4 is 11.1 Å². The Kier molecular flexibility index (Phi) is 2.34. The van der Waals surface area contributed by atoms with Crippen LogP contribution >= 0.6 is 0 Å². The third kappa shape index (κ3) is 2.09. The van der Waals surface area contributed by atoms with E-state index < -0.39 is 5.82 Å². The number of hydrogen-bond donors (Lipinski definition) is 2. The van der Waals surface area contributed by atoms with Gasteiger partial charge in [-0.3, -0.25) is 4.79 Å². The minimum absolute atomic E-state index is 0.217. The molecule has 1 aromatic carbocycles. The Morgan fingerprint density at radius 1 is 1.60 bits per heavy atom. The molecule has 1 aromatic rings. The zero-order valence-electron chi connectivity index (χ0n) is 8.46. The van der Waals surface area contributed by atoms with E-state index in [-0.39, 0.29) is 17.5 Å². The highest BCUT2D eigenvalue weighted by Gasteiger charge is 2.34. The first-order chi connectivity index (χ1) is 7.08. The van der Waals surface area contributed by atoms with Gasteiger partial charge in [0.1, 0.15) is 5.82 Å². The lowest BCUT2D eigenvalue weighted by Crippen LogP contribution is -2.27. The van der Waals surface area contributed by atoms with E-state index in [1.165, 1.54) is 12.1 Å². The molecule has 4 heteroatoms. The summed E-state index contributed by atoms with van der Waals surface area (Å²) in [7, 11) is 0. The fourth-order valence-electron chi connectivity index (χ4n) is 1.49. The number of nitrogens with two attached hydrogens (primary N) is 1. The standard InChI is InChI=1S/C11H13FN2O/c1-6-4-10(6)14-11(15)8-5-7(12)2-3-9(8)13/h2-3,5-6,10H,4,13H2,1H3,(H,14,15). The van der Waals surface area contributed by atoms with Crippen molar-refractivity contribution in [1.29, 1.82) is 0 Å². The predicted octanol–water partition coefficient (Wildman–Crippen LogP) is 1.55. The highest BCUT2D eigenvalue weighted by molar-refractivity contribution is 5.99. The number of nitrogen functional groups attached to an aromatic ring is 1. The number of nitrogens with one attached hydrogen (secondary N) is 1. The quantitative estimate of drug-likeness (QED) is 0.724. The van der Waals surface area contributed by atoms with E-state index in [1.54, 1.807) is 0 Å². The Bertz CT molecular complexity index is 406. The molecular weight excluding hydrogens is 195 g/mol. The molecule has 2 atom stereocenters. The number of hydrogen-bond acceptors (Lipinski definition) is 2. The molecule has 80 valence electrons. The normalized spacial score (nSPS) is 23.6. The average molecular weight is 208 g/mol. The first-order valence-corrected chi connectivity index (χ1v) is 4.94. The third-order valence-electron chi connectivity index (χ3n) is 2.69. The van der Waals surface area contributed by atoms with Crippen molar-refractivity contribution < 1.29 is 9.18 Å². The number of rotatable bonds is 2. The first-order valence-electron chi connectivity index (χ1n) is 4.94. The zero-order chi connectivity index (χ0) is 11.0. The summed E-state index contributed by atoms with van der Waals surface area (Å²) < 4.78 is 12.9. The van der Waals surface area contributed by atoms with Gasteiger partial charge in [-0.15, -0.1) is 0 Å². The second-order valence-electron chi connectivity index (χ2n) is 4.02. The largest absolute Gasteiger partial charge is 0.398 e. The fourth-order valence-corrected chi connectivity index (χ4v) is 1.49. The van der Waals surface area contributed by atoms with E-state index >= 15 is 0 Å². The Hall–Kier alpha value is -1.58. The number of carbonyl (C=O) groups excluding carboxylic acids is 1. The minimum atomic E-state index is -0.446. The predicted molar refractivity (Wildman–Crippen MR) is 55.8 cm³/mol. The summed E-state index contributed by atoms with van der Waals surface area (Å²) in [6, 6.07) is 4.03. The summed E-state index contributed by atoms with van der Waals surface area (Å²) in [6.07, 6.45) is 0.987. The van der Waals surface area contributed by atoms with Gasteiger partial charge in [-0.25, -0.2) is 4.39 Å². The second-order valence-corrected chi connectivity index (χ2v) is 4.02. The molecule has 0 bridgehead atoms. The van der Waals surface area contributed by atoms with E-state index in [0.717, 1.165) is 12.5 Å². The Morgan fingerprint density at radius 2 is 2.27 bits per heavy atom. The van der Waals surface area contributed by atoms with Crippen molar-refractivity contribution >= 4 is 11.6 Å². The van der Waals surface area contributed by atoms with Gasteiger partial charge in [0.05, 0.1) is 5.56 Å². The van der Waals surface area contributed by atoms with Gasteiger partial charge in [0.25, 0.3) is 5.91 Å². The fraction of sp³-hybridized carbons (Fsp3) is 0.364. The molecule has 0 spiro atoms. The van der Waals surface area contributed by atoms with Crippen molar-refractivity contribution in [1.82, 2.24) is 5.32 Å². The maximum atomic E-state index is 12.9. The Labute approximate surface area is 87.5 Å². The van der Waals surface area contributed by atoms with Crippen LogP contribution in [0, 0.1) is 11.7 Å². The molecule has 2 unspecified atom stereocenters. The summed E-state index contributed by atoms with van der Waals surface area (Å²) in [5.41, 5.74) is 6.12. The van der Waals surface area contributed by atoms with Crippen molar-refractivity contribution in [2.45, 2.75) is 19.4 Å². The van der Waals surface area contributed by atoms with Gasteiger partial charge in [0.2, 0.25) is 0 Å². The number of amides is 1. The van der Waals surface area contributed by atoms with Crippen molar-refractivity contribution in [3.05, 3.63) is 29.6 Å². The molecule has 1 aliphatic rings. The number of carbonyl (C=O) groups is 1. The monoisotopic (exact) mass is 208 g/mol. The molecule has 0 heterocycles. The van der Waals surface area contributed by atoms with Gasteiger partial charge in [-0.1, -0.05) is 6.92 Å². The molecule has 1 saturated carbocycles. The van der Waals surface area contributed by atoms with Crippen molar-refractivity contribution in [3.63, 3.8) is 0 Å². The SMILES string of the molecule is CC1CC1NC(=O)c1cc(F)ccc1N. The van der Waals surface area contributed by atoms with E-state index in [9.17, 15) is 9.18 Å². The molecular formula is C11H13FN2O. The van der Waals surface area contributed by atoms with Crippen LogP contribution in [0.25, 0.3) is 0 Å². The van der Waals surface area contributed by atoms with Crippen LogP contribution in [-0.4, -0.2) is 11.9 Å². The lowest BCUT2D eigenvalue weighted by molar-refractivity contribution is 0.0950. The maximum Gasteiger partial charge on any atom is 0.253 e. The van der Waals surface area contributed by atoms with Gasteiger partial charge in [-0.05, 0) is 30.5 Å². The summed E-state index contributed by atoms with van der Waals surface area (Å²) in [6.45, 7) is 2.06. The molecule has 3 nitrogen and oxygen atoms in total. The maximum absolute atomic E-state index is 12.9. The van der Waals surface area contributed by atoms with Crippen LogP contribution in [0.2, 0.25) is 0 Å². The van der Waals surface area contributed by atoms with Gasteiger partial charge in [0, 0.05) is 11.7 Å². The summed E-state index contributed by atoms with van der Waals surface area (Å²) in [5, 5.41) is 2.80. The Balaban J connectivity index is 2.14. The minimum Gasteiger partial charge on any atom is -0.398 e. The lowest BCUT2D eigenvalue weighted by Gasteiger charge is -2.06. The van der Waals surface area contributed by atoms with Crippen LogP contribution in [0.4, 0.5) is 10.1 Å². The van der Waals surface area contributed by atoms with Gasteiger partial charge in [-0.2, -0.15) is 0 Å².